The lowest BCUT2D eigenvalue weighted by Gasteiger charge is -2.15. The molecule has 0 aliphatic rings. The van der Waals surface area contributed by atoms with Crippen molar-refractivity contribution in [3.63, 3.8) is 0 Å². The Kier molecular flexibility index (Phi) is 5.06. The standard InChI is InChI=1S/C13H23NSSi/c1-11(2)12-8-13(10-14-9-12)15-6-7-16(3,4)5/h8-11H,6-7H2,1-5H3. The van der Waals surface area contributed by atoms with Gasteiger partial charge >= 0.3 is 0 Å². The average molecular weight is 253 g/mol. The molecule has 0 amide bonds. The topological polar surface area (TPSA) is 12.9 Å². The molecule has 90 valence electrons. The van der Waals surface area contributed by atoms with Crippen LogP contribution in [0.25, 0.3) is 0 Å². The summed E-state index contributed by atoms with van der Waals surface area (Å²) in [7, 11) is -0.888. The van der Waals surface area contributed by atoms with Crippen LogP contribution in [0, 0.1) is 0 Å². The van der Waals surface area contributed by atoms with Gasteiger partial charge in [-0.05, 0) is 29.3 Å². The molecule has 0 atom stereocenters. The minimum Gasteiger partial charge on any atom is -0.263 e. The van der Waals surface area contributed by atoms with Gasteiger partial charge < -0.3 is 0 Å². The van der Waals surface area contributed by atoms with E-state index in [2.05, 4.69) is 44.5 Å². The molecule has 0 aliphatic carbocycles. The third kappa shape index (κ3) is 5.17. The van der Waals surface area contributed by atoms with Crippen LogP contribution in [0.3, 0.4) is 0 Å². The number of thioether (sulfide) groups is 1. The molecule has 1 heterocycles. The molecular formula is C13H23NSSi. The molecule has 0 unspecified atom stereocenters. The quantitative estimate of drug-likeness (QED) is 0.560. The van der Waals surface area contributed by atoms with Crippen LogP contribution >= 0.6 is 11.8 Å². The van der Waals surface area contributed by atoms with Gasteiger partial charge in [-0.1, -0.05) is 33.5 Å². The Bertz CT molecular complexity index is 331. The summed E-state index contributed by atoms with van der Waals surface area (Å²) in [5, 5.41) is 0. The summed E-state index contributed by atoms with van der Waals surface area (Å²) in [6.07, 6.45) is 3.97. The summed E-state index contributed by atoms with van der Waals surface area (Å²) >= 11 is 1.95. The zero-order chi connectivity index (χ0) is 12.2. The molecule has 0 bridgehead atoms. The van der Waals surface area contributed by atoms with Crippen molar-refractivity contribution in [1.82, 2.24) is 4.98 Å². The number of hydrogen-bond donors (Lipinski definition) is 0. The van der Waals surface area contributed by atoms with E-state index in [1.54, 1.807) is 0 Å². The Hall–Kier alpha value is -0.283. The number of hydrogen-bond acceptors (Lipinski definition) is 2. The molecule has 1 aromatic heterocycles. The van der Waals surface area contributed by atoms with Gasteiger partial charge in [0.25, 0.3) is 0 Å². The molecule has 3 heteroatoms. The maximum atomic E-state index is 4.31. The molecule has 0 N–H and O–H groups in total. The van der Waals surface area contributed by atoms with Crippen LogP contribution in [0.2, 0.25) is 25.7 Å². The van der Waals surface area contributed by atoms with E-state index in [1.807, 2.05) is 24.2 Å². The van der Waals surface area contributed by atoms with Gasteiger partial charge in [0.1, 0.15) is 0 Å². The lowest BCUT2D eigenvalue weighted by Crippen LogP contribution is -2.19. The molecule has 0 radical (unpaired) electrons. The first kappa shape index (κ1) is 13.8. The summed E-state index contributed by atoms with van der Waals surface area (Å²) < 4.78 is 0. The van der Waals surface area contributed by atoms with Crippen molar-refractivity contribution in [3.8, 4) is 0 Å². The third-order valence-electron chi connectivity index (χ3n) is 2.52. The van der Waals surface area contributed by atoms with Crippen LogP contribution in [0.1, 0.15) is 25.3 Å². The first-order chi connectivity index (χ1) is 7.38. The molecular weight excluding hydrogens is 230 g/mol. The van der Waals surface area contributed by atoms with Crippen molar-refractivity contribution >= 4 is 19.8 Å². The molecule has 0 spiro atoms. The molecule has 0 saturated heterocycles. The lowest BCUT2D eigenvalue weighted by atomic mass is 10.1. The van der Waals surface area contributed by atoms with Gasteiger partial charge in [0.2, 0.25) is 0 Å². The van der Waals surface area contributed by atoms with Gasteiger partial charge in [-0.3, -0.25) is 4.98 Å². The highest BCUT2D eigenvalue weighted by Crippen LogP contribution is 2.24. The fourth-order valence-corrected chi connectivity index (χ4v) is 4.75. The lowest BCUT2D eigenvalue weighted by molar-refractivity contribution is 0.851. The van der Waals surface area contributed by atoms with Crippen molar-refractivity contribution in [2.45, 2.75) is 50.3 Å². The minimum absolute atomic E-state index is 0.574. The Morgan fingerprint density at radius 2 is 1.94 bits per heavy atom. The van der Waals surface area contributed by atoms with Crippen molar-refractivity contribution in [2.75, 3.05) is 5.75 Å². The highest BCUT2D eigenvalue weighted by atomic mass is 32.2. The Labute approximate surface area is 105 Å². The first-order valence-corrected chi connectivity index (χ1v) is 10.7. The van der Waals surface area contributed by atoms with Gasteiger partial charge in [0.15, 0.2) is 0 Å². The van der Waals surface area contributed by atoms with E-state index in [9.17, 15) is 0 Å². The van der Waals surface area contributed by atoms with Crippen LogP contribution in [0.4, 0.5) is 0 Å². The molecule has 0 aliphatic heterocycles. The fourth-order valence-electron chi connectivity index (χ4n) is 1.31. The zero-order valence-electron chi connectivity index (χ0n) is 11.1. The molecule has 1 nitrogen and oxygen atoms in total. The van der Waals surface area contributed by atoms with E-state index in [-0.39, 0.29) is 0 Å². The predicted octanol–water partition coefficient (Wildman–Crippen LogP) is 4.64. The average Bonchev–Trinajstić information content (AvgIpc) is 2.16. The number of pyridine rings is 1. The number of nitrogens with zero attached hydrogens (tertiary/aromatic N) is 1. The Balaban J connectivity index is 2.51. The third-order valence-corrected chi connectivity index (χ3v) is 5.60. The molecule has 1 rings (SSSR count). The number of aromatic nitrogens is 1. The van der Waals surface area contributed by atoms with E-state index < -0.39 is 8.07 Å². The van der Waals surface area contributed by atoms with E-state index in [0.29, 0.717) is 5.92 Å². The Morgan fingerprint density at radius 1 is 1.25 bits per heavy atom. The largest absolute Gasteiger partial charge is 0.263 e. The monoisotopic (exact) mass is 253 g/mol. The SMILES string of the molecule is CC(C)c1cncc(SCC[Si](C)(C)C)c1. The van der Waals surface area contributed by atoms with Crippen LogP contribution in [0.5, 0.6) is 0 Å². The van der Waals surface area contributed by atoms with Crippen LogP contribution in [-0.2, 0) is 0 Å². The summed E-state index contributed by atoms with van der Waals surface area (Å²) in [4.78, 5) is 5.64. The van der Waals surface area contributed by atoms with Crippen molar-refractivity contribution < 1.29 is 0 Å². The second-order valence-electron chi connectivity index (χ2n) is 5.77. The van der Waals surface area contributed by atoms with Crippen LogP contribution in [0.15, 0.2) is 23.4 Å². The highest BCUT2D eigenvalue weighted by Gasteiger charge is 2.12. The van der Waals surface area contributed by atoms with E-state index in [1.165, 1.54) is 22.3 Å². The van der Waals surface area contributed by atoms with E-state index >= 15 is 0 Å². The first-order valence-electron chi connectivity index (χ1n) is 5.96. The van der Waals surface area contributed by atoms with Gasteiger partial charge in [-0.15, -0.1) is 11.8 Å². The summed E-state index contributed by atoms with van der Waals surface area (Å²) in [6, 6.07) is 3.66. The van der Waals surface area contributed by atoms with Gasteiger partial charge in [-0.2, -0.15) is 0 Å². The van der Waals surface area contributed by atoms with Gasteiger partial charge in [-0.25, -0.2) is 0 Å². The maximum Gasteiger partial charge on any atom is 0.0450 e. The normalized spacial score (nSPS) is 12.1. The molecule has 0 fully saturated rings. The van der Waals surface area contributed by atoms with Gasteiger partial charge in [0.05, 0.1) is 0 Å². The van der Waals surface area contributed by atoms with E-state index in [4.69, 9.17) is 0 Å². The second-order valence-corrected chi connectivity index (χ2v) is 12.6. The minimum atomic E-state index is -0.888. The van der Waals surface area contributed by atoms with E-state index in [0.717, 1.165) is 0 Å². The highest BCUT2D eigenvalue weighted by molar-refractivity contribution is 7.99. The summed E-state index contributed by atoms with van der Waals surface area (Å²) in [5.74, 6) is 1.81. The zero-order valence-corrected chi connectivity index (χ0v) is 12.9. The molecule has 16 heavy (non-hydrogen) atoms. The van der Waals surface area contributed by atoms with Crippen LogP contribution < -0.4 is 0 Å². The second kappa shape index (κ2) is 5.87. The molecule has 1 aromatic rings. The fraction of sp³-hybridized carbons (Fsp3) is 0.615. The molecule has 0 aromatic carbocycles. The predicted molar refractivity (Wildman–Crippen MR) is 77.2 cm³/mol. The van der Waals surface area contributed by atoms with Crippen molar-refractivity contribution in [1.29, 1.82) is 0 Å². The molecule has 0 saturated carbocycles. The smallest absolute Gasteiger partial charge is 0.0450 e. The maximum absolute atomic E-state index is 4.31. The Morgan fingerprint density at radius 3 is 2.50 bits per heavy atom. The summed E-state index contributed by atoms with van der Waals surface area (Å²) in [5.41, 5.74) is 1.35. The van der Waals surface area contributed by atoms with Gasteiger partial charge in [0, 0.05) is 25.4 Å². The summed E-state index contributed by atoms with van der Waals surface area (Å²) in [6.45, 7) is 11.7. The number of rotatable bonds is 5. The van der Waals surface area contributed by atoms with Crippen molar-refractivity contribution in [3.05, 3.63) is 24.0 Å². The van der Waals surface area contributed by atoms with Crippen LogP contribution in [-0.4, -0.2) is 18.8 Å². The van der Waals surface area contributed by atoms with Crippen molar-refractivity contribution in [2.24, 2.45) is 0 Å².